The van der Waals surface area contributed by atoms with Crippen LogP contribution in [0, 0.1) is 11.3 Å². The second-order valence-corrected chi connectivity index (χ2v) is 4.25. The van der Waals surface area contributed by atoms with E-state index in [1.807, 2.05) is 0 Å². The van der Waals surface area contributed by atoms with E-state index in [2.05, 4.69) is 22.5 Å². The average molecular weight is 284 g/mol. The standard InChI is InChI=1S/C10H10BrN3O2/c1-3-13-6-8(4-12)9(15)14(10(13)16)5-7(2)11/h6H,2-3,5H2,1H3. The largest absolute Gasteiger partial charge is 0.331 e. The van der Waals surface area contributed by atoms with Gasteiger partial charge in [0, 0.05) is 17.2 Å². The van der Waals surface area contributed by atoms with Crippen molar-refractivity contribution >= 4 is 15.9 Å². The second kappa shape index (κ2) is 4.94. The Kier molecular flexibility index (Phi) is 3.85. The van der Waals surface area contributed by atoms with Gasteiger partial charge in [0.1, 0.15) is 11.6 Å². The number of aryl methyl sites for hydroxylation is 1. The first-order chi connectivity index (χ1) is 7.51. The molecule has 0 spiro atoms. The van der Waals surface area contributed by atoms with Gasteiger partial charge in [0.2, 0.25) is 0 Å². The zero-order valence-electron chi connectivity index (χ0n) is 8.73. The molecule has 0 saturated carbocycles. The molecule has 0 aromatic carbocycles. The summed E-state index contributed by atoms with van der Waals surface area (Å²) in [4.78, 5) is 23.5. The third kappa shape index (κ3) is 2.31. The van der Waals surface area contributed by atoms with Gasteiger partial charge in [0.15, 0.2) is 0 Å². The third-order valence-electron chi connectivity index (χ3n) is 2.03. The molecule has 0 atom stereocenters. The zero-order chi connectivity index (χ0) is 12.3. The van der Waals surface area contributed by atoms with Crippen molar-refractivity contribution in [3.05, 3.63) is 43.7 Å². The van der Waals surface area contributed by atoms with Gasteiger partial charge in [-0.2, -0.15) is 5.26 Å². The summed E-state index contributed by atoms with van der Waals surface area (Å²) < 4.78 is 2.80. The maximum atomic E-state index is 11.8. The lowest BCUT2D eigenvalue weighted by atomic mass is 10.3. The van der Waals surface area contributed by atoms with Crippen LogP contribution in [0.4, 0.5) is 0 Å². The van der Waals surface area contributed by atoms with Gasteiger partial charge in [0.25, 0.3) is 5.56 Å². The van der Waals surface area contributed by atoms with Crippen molar-refractivity contribution < 1.29 is 0 Å². The van der Waals surface area contributed by atoms with Crippen LogP contribution in [-0.4, -0.2) is 9.13 Å². The van der Waals surface area contributed by atoms with Gasteiger partial charge in [0.05, 0.1) is 6.54 Å². The Balaban J connectivity index is 3.58. The molecule has 6 heteroatoms. The van der Waals surface area contributed by atoms with Crippen LogP contribution in [0.3, 0.4) is 0 Å². The van der Waals surface area contributed by atoms with E-state index in [0.29, 0.717) is 11.0 Å². The third-order valence-corrected chi connectivity index (χ3v) is 2.28. The highest BCUT2D eigenvalue weighted by Crippen LogP contribution is 2.01. The SMILES string of the molecule is C=C(Br)Cn1c(=O)c(C#N)cn(CC)c1=O. The Morgan fingerprint density at radius 3 is 2.69 bits per heavy atom. The number of hydrogen-bond acceptors (Lipinski definition) is 3. The molecule has 1 aromatic rings. The Labute approximate surface area is 100 Å². The molecule has 0 N–H and O–H groups in total. The lowest BCUT2D eigenvalue weighted by molar-refractivity contribution is 0.602. The molecule has 1 aromatic heterocycles. The molecule has 0 aliphatic heterocycles. The summed E-state index contributed by atoms with van der Waals surface area (Å²) in [5.41, 5.74) is -1.07. The van der Waals surface area contributed by atoms with Gasteiger partial charge in [-0.3, -0.25) is 13.9 Å². The van der Waals surface area contributed by atoms with Crippen LogP contribution in [0.5, 0.6) is 0 Å². The quantitative estimate of drug-likeness (QED) is 0.824. The summed E-state index contributed by atoms with van der Waals surface area (Å²) in [5, 5.41) is 8.78. The van der Waals surface area contributed by atoms with Crippen molar-refractivity contribution in [3.63, 3.8) is 0 Å². The molecule has 1 rings (SSSR count). The fourth-order valence-corrected chi connectivity index (χ4v) is 1.52. The smallest absolute Gasteiger partial charge is 0.299 e. The number of rotatable bonds is 3. The van der Waals surface area contributed by atoms with Crippen molar-refractivity contribution in [3.8, 4) is 6.07 Å². The first-order valence-electron chi connectivity index (χ1n) is 4.59. The predicted octanol–water partition coefficient (Wildman–Crippen LogP) is 0.810. The number of allylic oxidation sites excluding steroid dienone is 1. The summed E-state index contributed by atoms with van der Waals surface area (Å²) in [6.45, 7) is 5.80. The monoisotopic (exact) mass is 283 g/mol. The van der Waals surface area contributed by atoms with Gasteiger partial charge in [-0.05, 0) is 6.92 Å². The normalized spacial score (nSPS) is 9.81. The van der Waals surface area contributed by atoms with Crippen LogP contribution in [0.1, 0.15) is 12.5 Å². The van der Waals surface area contributed by atoms with Gasteiger partial charge in [-0.25, -0.2) is 4.79 Å². The Morgan fingerprint density at radius 1 is 1.62 bits per heavy atom. The van der Waals surface area contributed by atoms with Crippen LogP contribution < -0.4 is 11.2 Å². The lowest BCUT2D eigenvalue weighted by Crippen LogP contribution is -2.40. The van der Waals surface area contributed by atoms with Crippen molar-refractivity contribution in [2.45, 2.75) is 20.0 Å². The molecule has 5 nitrogen and oxygen atoms in total. The van der Waals surface area contributed by atoms with Crippen molar-refractivity contribution in [2.24, 2.45) is 0 Å². The van der Waals surface area contributed by atoms with E-state index in [0.717, 1.165) is 4.57 Å². The van der Waals surface area contributed by atoms with E-state index in [1.165, 1.54) is 10.8 Å². The van der Waals surface area contributed by atoms with Gasteiger partial charge >= 0.3 is 5.69 Å². The highest BCUT2D eigenvalue weighted by Gasteiger charge is 2.10. The first-order valence-corrected chi connectivity index (χ1v) is 5.38. The molecular weight excluding hydrogens is 274 g/mol. The maximum Gasteiger partial charge on any atom is 0.331 e. The molecule has 0 aliphatic carbocycles. The number of nitrogens with zero attached hydrogens (tertiary/aromatic N) is 3. The summed E-state index contributed by atoms with van der Waals surface area (Å²) in [6, 6.07) is 1.77. The summed E-state index contributed by atoms with van der Waals surface area (Å²) in [7, 11) is 0. The molecule has 84 valence electrons. The summed E-state index contributed by atoms with van der Waals surface area (Å²) in [5.74, 6) is 0. The maximum absolute atomic E-state index is 11.8. The molecule has 16 heavy (non-hydrogen) atoms. The topological polar surface area (TPSA) is 67.8 Å². The number of halogens is 1. The fourth-order valence-electron chi connectivity index (χ4n) is 1.27. The molecular formula is C10H10BrN3O2. The highest BCUT2D eigenvalue weighted by molar-refractivity contribution is 9.11. The van der Waals surface area contributed by atoms with Gasteiger partial charge in [-0.15, -0.1) is 0 Å². The fraction of sp³-hybridized carbons (Fsp3) is 0.300. The van der Waals surface area contributed by atoms with Crippen molar-refractivity contribution in [1.29, 1.82) is 5.26 Å². The molecule has 0 amide bonds. The summed E-state index contributed by atoms with van der Waals surface area (Å²) >= 11 is 3.09. The van der Waals surface area contributed by atoms with E-state index >= 15 is 0 Å². The molecule has 0 radical (unpaired) electrons. The zero-order valence-corrected chi connectivity index (χ0v) is 10.3. The molecule has 1 heterocycles. The average Bonchev–Trinajstić information content (AvgIpc) is 2.24. The van der Waals surface area contributed by atoms with Crippen LogP contribution in [0.2, 0.25) is 0 Å². The van der Waals surface area contributed by atoms with Crippen LogP contribution in [-0.2, 0) is 13.1 Å². The Hall–Kier alpha value is -1.61. The number of hydrogen-bond donors (Lipinski definition) is 0. The highest BCUT2D eigenvalue weighted by atomic mass is 79.9. The van der Waals surface area contributed by atoms with Gasteiger partial charge in [-0.1, -0.05) is 22.5 Å². The van der Waals surface area contributed by atoms with E-state index < -0.39 is 11.2 Å². The van der Waals surface area contributed by atoms with Crippen LogP contribution >= 0.6 is 15.9 Å². The second-order valence-electron chi connectivity index (χ2n) is 3.13. The molecule has 0 saturated heterocycles. The van der Waals surface area contributed by atoms with E-state index in [1.54, 1.807) is 13.0 Å². The Morgan fingerprint density at radius 2 is 2.25 bits per heavy atom. The van der Waals surface area contributed by atoms with Crippen LogP contribution in [0.25, 0.3) is 0 Å². The molecule has 0 fully saturated rings. The minimum Gasteiger partial charge on any atom is -0.299 e. The number of aromatic nitrogens is 2. The minimum atomic E-state index is -0.585. The van der Waals surface area contributed by atoms with Crippen LogP contribution in [0.15, 0.2) is 26.8 Å². The van der Waals surface area contributed by atoms with Crippen molar-refractivity contribution in [1.82, 2.24) is 9.13 Å². The molecule has 0 unspecified atom stereocenters. The Bertz CT molecular complexity index is 577. The first kappa shape index (κ1) is 12.5. The van der Waals surface area contributed by atoms with Crippen molar-refractivity contribution in [2.75, 3.05) is 0 Å². The molecule has 0 aliphatic rings. The van der Waals surface area contributed by atoms with E-state index in [-0.39, 0.29) is 12.1 Å². The lowest BCUT2D eigenvalue weighted by Gasteiger charge is -2.08. The number of nitriles is 1. The summed E-state index contributed by atoms with van der Waals surface area (Å²) in [6.07, 6.45) is 1.28. The van der Waals surface area contributed by atoms with Gasteiger partial charge < -0.3 is 0 Å². The van der Waals surface area contributed by atoms with E-state index in [9.17, 15) is 9.59 Å². The van der Waals surface area contributed by atoms with E-state index in [4.69, 9.17) is 5.26 Å². The predicted molar refractivity (Wildman–Crippen MR) is 63.4 cm³/mol. The molecule has 0 bridgehead atoms. The minimum absolute atomic E-state index is 0.0461.